The second kappa shape index (κ2) is 2.01. The summed E-state index contributed by atoms with van der Waals surface area (Å²) in [5.41, 5.74) is 0. The summed E-state index contributed by atoms with van der Waals surface area (Å²) in [5.74, 6) is 0. The maximum Gasteiger partial charge on any atom is 0.0349 e. The third kappa shape index (κ3) is 1.62. The van der Waals surface area contributed by atoms with E-state index in [1.807, 2.05) is 0 Å². The molecule has 1 rings (SSSR count). The van der Waals surface area contributed by atoms with Crippen molar-refractivity contribution in [2.75, 3.05) is 13.1 Å². The van der Waals surface area contributed by atoms with Crippen molar-refractivity contribution in [3.63, 3.8) is 0 Å². The van der Waals surface area contributed by atoms with E-state index < -0.39 is 0 Å². The Morgan fingerprint density at radius 3 is 2.71 bits per heavy atom. The second-order valence-electron chi connectivity index (χ2n) is 1.83. The van der Waals surface area contributed by atoms with Crippen LogP contribution in [0.15, 0.2) is 12.3 Å². The van der Waals surface area contributed by atoms with Crippen molar-refractivity contribution in [3.05, 3.63) is 12.3 Å². The van der Waals surface area contributed by atoms with Crippen molar-refractivity contribution >= 4 is 0 Å². The Morgan fingerprint density at radius 1 is 1.57 bits per heavy atom. The average Bonchev–Trinajstić information content (AvgIpc) is 2.42. The monoisotopic (exact) mass is 97.1 g/mol. The van der Waals surface area contributed by atoms with Crippen LogP contribution >= 0.6 is 0 Å². The fourth-order valence-electron chi connectivity index (χ4n) is 0.461. The van der Waals surface area contributed by atoms with E-state index in [1.165, 1.54) is 13.1 Å². The van der Waals surface area contributed by atoms with E-state index in [-0.39, 0.29) is 0 Å². The van der Waals surface area contributed by atoms with Gasteiger partial charge in [-0.3, -0.25) is 0 Å². The first-order valence-electron chi connectivity index (χ1n) is 2.84. The lowest BCUT2D eigenvalue weighted by molar-refractivity contribution is 0.767. The highest BCUT2D eigenvalue weighted by Gasteiger charge is 2.09. The van der Waals surface area contributed by atoms with E-state index in [0.29, 0.717) is 0 Å². The Labute approximate surface area is 44.6 Å². The quantitative estimate of drug-likeness (QED) is 0.468. The summed E-state index contributed by atoms with van der Waals surface area (Å²) in [4.78, 5) is 2.28. The first kappa shape index (κ1) is 4.69. The molecule has 1 heterocycles. The summed E-state index contributed by atoms with van der Waals surface area (Å²) < 4.78 is 0. The molecule has 1 nitrogen and oxygen atoms in total. The van der Waals surface area contributed by atoms with Crippen molar-refractivity contribution in [3.8, 4) is 0 Å². The summed E-state index contributed by atoms with van der Waals surface area (Å²) in [6.07, 6.45) is 5.52. The number of nitrogens with zero attached hydrogens (tertiary/aromatic N) is 1. The van der Waals surface area contributed by atoms with Gasteiger partial charge in [0.1, 0.15) is 0 Å². The summed E-state index contributed by atoms with van der Waals surface area (Å²) in [6, 6.07) is 0. The Morgan fingerprint density at radius 2 is 2.29 bits per heavy atom. The summed E-state index contributed by atoms with van der Waals surface area (Å²) in [7, 11) is 0. The Hall–Kier alpha value is -0.460. The molecule has 7 heavy (non-hydrogen) atoms. The van der Waals surface area contributed by atoms with Crippen LogP contribution in [0, 0.1) is 0 Å². The molecule has 0 saturated carbocycles. The molecule has 0 unspecified atom stereocenters. The summed E-state index contributed by atoms with van der Waals surface area (Å²) >= 11 is 0. The third-order valence-electron chi connectivity index (χ3n) is 1.03. The lowest BCUT2D eigenvalue weighted by Gasteiger charge is -1.83. The van der Waals surface area contributed by atoms with Gasteiger partial charge >= 0.3 is 0 Å². The minimum atomic E-state index is 1.16. The molecule has 0 amide bonds. The molecular formula is C6H11N. The van der Waals surface area contributed by atoms with E-state index >= 15 is 0 Å². The molecule has 1 aliphatic rings. The SMILES string of the molecule is CC/C=C/N1CC1. The van der Waals surface area contributed by atoms with Gasteiger partial charge in [0, 0.05) is 13.1 Å². The molecule has 1 saturated heterocycles. The maximum atomic E-state index is 2.28. The summed E-state index contributed by atoms with van der Waals surface area (Å²) in [5, 5.41) is 0. The van der Waals surface area contributed by atoms with Crippen molar-refractivity contribution in [1.29, 1.82) is 0 Å². The maximum absolute atomic E-state index is 2.28. The van der Waals surface area contributed by atoms with Crippen LogP contribution < -0.4 is 0 Å². The van der Waals surface area contributed by atoms with Crippen molar-refractivity contribution < 1.29 is 0 Å². The normalized spacial score (nSPS) is 18.7. The largest absolute Gasteiger partial charge is 0.374 e. The van der Waals surface area contributed by atoms with Crippen LogP contribution in [0.3, 0.4) is 0 Å². The van der Waals surface area contributed by atoms with Gasteiger partial charge < -0.3 is 4.90 Å². The predicted molar refractivity (Wildman–Crippen MR) is 31.0 cm³/mol. The van der Waals surface area contributed by atoms with E-state index in [4.69, 9.17) is 0 Å². The van der Waals surface area contributed by atoms with Crippen molar-refractivity contribution in [1.82, 2.24) is 4.90 Å². The molecule has 1 fully saturated rings. The van der Waals surface area contributed by atoms with Gasteiger partial charge in [-0.2, -0.15) is 0 Å². The highest BCUT2D eigenvalue weighted by molar-refractivity contribution is 4.88. The van der Waals surface area contributed by atoms with Crippen LogP contribution in [0.25, 0.3) is 0 Å². The van der Waals surface area contributed by atoms with Gasteiger partial charge in [-0.15, -0.1) is 0 Å². The fourth-order valence-corrected chi connectivity index (χ4v) is 0.461. The smallest absolute Gasteiger partial charge is 0.0349 e. The third-order valence-corrected chi connectivity index (χ3v) is 1.03. The minimum Gasteiger partial charge on any atom is -0.374 e. The molecule has 0 aromatic heterocycles. The Kier molecular flexibility index (Phi) is 1.35. The van der Waals surface area contributed by atoms with Crippen LogP contribution in [0.5, 0.6) is 0 Å². The first-order chi connectivity index (χ1) is 3.43. The van der Waals surface area contributed by atoms with Gasteiger partial charge in [-0.25, -0.2) is 0 Å². The Bertz CT molecular complexity index is 72.2. The van der Waals surface area contributed by atoms with Gasteiger partial charge in [0.05, 0.1) is 0 Å². The molecular weight excluding hydrogens is 86.1 g/mol. The van der Waals surface area contributed by atoms with E-state index in [9.17, 15) is 0 Å². The number of rotatable bonds is 2. The van der Waals surface area contributed by atoms with Crippen molar-refractivity contribution in [2.24, 2.45) is 0 Å². The number of hydrogen-bond donors (Lipinski definition) is 0. The molecule has 1 aliphatic heterocycles. The van der Waals surface area contributed by atoms with Crippen LogP contribution in [0.2, 0.25) is 0 Å². The van der Waals surface area contributed by atoms with Gasteiger partial charge in [0.2, 0.25) is 0 Å². The number of allylic oxidation sites excluding steroid dienone is 1. The fraction of sp³-hybridized carbons (Fsp3) is 0.667. The zero-order chi connectivity index (χ0) is 5.11. The topological polar surface area (TPSA) is 3.01 Å². The highest BCUT2D eigenvalue weighted by Crippen LogP contribution is 2.02. The molecule has 0 N–H and O–H groups in total. The zero-order valence-corrected chi connectivity index (χ0v) is 4.72. The zero-order valence-electron chi connectivity index (χ0n) is 4.72. The molecule has 0 spiro atoms. The second-order valence-corrected chi connectivity index (χ2v) is 1.83. The average molecular weight is 97.2 g/mol. The van der Waals surface area contributed by atoms with Crippen molar-refractivity contribution in [2.45, 2.75) is 13.3 Å². The van der Waals surface area contributed by atoms with Gasteiger partial charge in [0.25, 0.3) is 0 Å². The molecule has 1 heteroatoms. The first-order valence-corrected chi connectivity index (χ1v) is 2.84. The molecule has 0 aromatic rings. The van der Waals surface area contributed by atoms with E-state index in [1.54, 1.807) is 0 Å². The molecule has 0 aliphatic carbocycles. The highest BCUT2D eigenvalue weighted by atomic mass is 15.2. The van der Waals surface area contributed by atoms with Gasteiger partial charge in [0.15, 0.2) is 0 Å². The molecule has 0 atom stereocenters. The minimum absolute atomic E-state index is 1.16. The Balaban J connectivity index is 2.05. The van der Waals surface area contributed by atoms with E-state index in [2.05, 4.69) is 24.1 Å². The van der Waals surface area contributed by atoms with Crippen LogP contribution in [-0.4, -0.2) is 18.0 Å². The van der Waals surface area contributed by atoms with Crippen LogP contribution in [-0.2, 0) is 0 Å². The lowest BCUT2D eigenvalue weighted by Crippen LogP contribution is -1.76. The molecule has 0 radical (unpaired) electrons. The predicted octanol–water partition coefficient (Wildman–Crippen LogP) is 1.23. The summed E-state index contributed by atoms with van der Waals surface area (Å²) in [6.45, 7) is 4.70. The molecule has 0 aromatic carbocycles. The van der Waals surface area contributed by atoms with Gasteiger partial charge in [-0.1, -0.05) is 13.0 Å². The van der Waals surface area contributed by atoms with E-state index in [0.717, 1.165) is 6.42 Å². The standard InChI is InChI=1S/C6H11N/c1-2-3-4-7-5-6-7/h3-4H,2,5-6H2,1H3/b4-3+. The van der Waals surface area contributed by atoms with Crippen LogP contribution in [0.4, 0.5) is 0 Å². The molecule has 0 bridgehead atoms. The van der Waals surface area contributed by atoms with Gasteiger partial charge in [-0.05, 0) is 12.6 Å². The molecule has 40 valence electrons. The lowest BCUT2D eigenvalue weighted by atomic mass is 10.5. The number of hydrogen-bond acceptors (Lipinski definition) is 1. The van der Waals surface area contributed by atoms with Crippen LogP contribution in [0.1, 0.15) is 13.3 Å².